The van der Waals surface area contributed by atoms with Gasteiger partial charge < -0.3 is 9.64 Å². The molecule has 1 aliphatic heterocycles. The number of nitrogens with zero attached hydrogens (tertiary/aromatic N) is 1. The van der Waals surface area contributed by atoms with E-state index in [1.165, 1.54) is 33.8 Å². The second-order valence-electron chi connectivity index (χ2n) is 8.50. The van der Waals surface area contributed by atoms with Crippen molar-refractivity contribution < 1.29 is 14.3 Å². The molecule has 154 valence electrons. The van der Waals surface area contributed by atoms with E-state index in [1.54, 1.807) is 0 Å². The summed E-state index contributed by atoms with van der Waals surface area (Å²) in [6.45, 7) is 3.60. The molecule has 1 atom stereocenters. The molecule has 1 saturated heterocycles. The molecule has 29 heavy (non-hydrogen) atoms. The second kappa shape index (κ2) is 9.12. The molecule has 1 amide bonds. The van der Waals surface area contributed by atoms with E-state index < -0.39 is 0 Å². The van der Waals surface area contributed by atoms with Crippen molar-refractivity contribution in [2.45, 2.75) is 45.4 Å². The van der Waals surface area contributed by atoms with Crippen LogP contribution in [0, 0.1) is 11.8 Å². The van der Waals surface area contributed by atoms with Crippen LogP contribution >= 0.6 is 11.3 Å². The summed E-state index contributed by atoms with van der Waals surface area (Å²) in [5, 5.41) is 0. The van der Waals surface area contributed by atoms with Gasteiger partial charge in [0.25, 0.3) is 5.91 Å². The third kappa shape index (κ3) is 5.08. The number of hydrogen-bond acceptors (Lipinski definition) is 4. The Bertz CT molecular complexity index is 852. The third-order valence-electron chi connectivity index (χ3n) is 6.19. The number of amides is 1. The number of rotatable bonds is 5. The lowest BCUT2D eigenvalue weighted by atomic mass is 9.90. The van der Waals surface area contributed by atoms with Crippen molar-refractivity contribution in [3.63, 3.8) is 0 Å². The van der Waals surface area contributed by atoms with Gasteiger partial charge in [-0.15, -0.1) is 11.3 Å². The average Bonchev–Trinajstić information content (AvgIpc) is 3.16. The summed E-state index contributed by atoms with van der Waals surface area (Å²) < 4.78 is 5.35. The lowest BCUT2D eigenvalue weighted by molar-refractivity contribution is -0.135. The number of carbonyl (C=O) groups is 2. The lowest BCUT2D eigenvalue weighted by Crippen LogP contribution is -2.41. The Balaban J connectivity index is 1.23. The van der Waals surface area contributed by atoms with Crippen molar-refractivity contribution in [1.29, 1.82) is 0 Å². The Labute approximate surface area is 176 Å². The minimum atomic E-state index is -0.357. The van der Waals surface area contributed by atoms with Crippen LogP contribution in [0.5, 0.6) is 0 Å². The molecule has 0 saturated carbocycles. The van der Waals surface area contributed by atoms with Crippen LogP contribution in [-0.2, 0) is 28.8 Å². The third-order valence-corrected chi connectivity index (χ3v) is 7.41. The number of fused-ring (bicyclic) bond motifs is 1. The SMILES string of the molecule is C[C@H]1CCc2sc(C(=O)OCC(=O)N3CCC(Cc4ccccc4)CC3)cc2C1. The Morgan fingerprint density at radius 1 is 1.14 bits per heavy atom. The van der Waals surface area contributed by atoms with Crippen LogP contribution in [0.1, 0.15) is 51.9 Å². The minimum absolute atomic E-state index is 0.0774. The highest BCUT2D eigenvalue weighted by Gasteiger charge is 2.25. The predicted octanol–water partition coefficient (Wildman–Crippen LogP) is 4.51. The Morgan fingerprint density at radius 3 is 2.66 bits per heavy atom. The first-order chi connectivity index (χ1) is 14.1. The van der Waals surface area contributed by atoms with E-state index in [2.05, 4.69) is 31.2 Å². The van der Waals surface area contributed by atoms with Gasteiger partial charge >= 0.3 is 5.97 Å². The largest absolute Gasteiger partial charge is 0.451 e. The standard InChI is InChI=1S/C24H29NO3S/c1-17-7-8-21-20(13-17)15-22(29-21)24(27)28-16-23(26)25-11-9-19(10-12-25)14-18-5-3-2-4-6-18/h2-6,15,17,19H,7-14,16H2,1H3/t17-/m0/s1. The van der Waals surface area contributed by atoms with E-state index >= 15 is 0 Å². The fraction of sp³-hybridized carbons (Fsp3) is 0.500. The van der Waals surface area contributed by atoms with Crippen LogP contribution in [0.25, 0.3) is 0 Å². The van der Waals surface area contributed by atoms with Crippen molar-refractivity contribution in [2.75, 3.05) is 19.7 Å². The van der Waals surface area contributed by atoms with Gasteiger partial charge in [0.05, 0.1) is 0 Å². The molecule has 2 aromatic rings. The molecule has 5 heteroatoms. The fourth-order valence-corrected chi connectivity index (χ4v) is 5.53. The summed E-state index contributed by atoms with van der Waals surface area (Å²) in [4.78, 5) is 28.7. The van der Waals surface area contributed by atoms with Crippen LogP contribution in [0.15, 0.2) is 36.4 Å². The normalized spacial score (nSPS) is 19.6. The number of esters is 1. The molecule has 0 spiro atoms. The van der Waals surface area contributed by atoms with E-state index in [-0.39, 0.29) is 18.5 Å². The van der Waals surface area contributed by atoms with Gasteiger partial charge in [0.15, 0.2) is 6.61 Å². The summed E-state index contributed by atoms with van der Waals surface area (Å²) in [7, 11) is 0. The molecule has 2 aliphatic rings. The van der Waals surface area contributed by atoms with Crippen molar-refractivity contribution in [3.05, 3.63) is 57.3 Å². The first kappa shape index (κ1) is 20.1. The van der Waals surface area contributed by atoms with Crippen molar-refractivity contribution in [3.8, 4) is 0 Å². The number of piperidine rings is 1. The summed E-state index contributed by atoms with van der Waals surface area (Å²) in [6, 6.07) is 12.5. The number of carbonyl (C=O) groups excluding carboxylic acids is 2. The maximum Gasteiger partial charge on any atom is 0.348 e. The van der Waals surface area contributed by atoms with Gasteiger partial charge in [-0.2, -0.15) is 0 Å². The molecule has 0 bridgehead atoms. The zero-order chi connectivity index (χ0) is 20.2. The molecule has 0 radical (unpaired) electrons. The maximum atomic E-state index is 12.5. The van der Waals surface area contributed by atoms with Gasteiger partial charge in [0, 0.05) is 18.0 Å². The zero-order valence-corrected chi connectivity index (χ0v) is 17.9. The van der Waals surface area contributed by atoms with Crippen LogP contribution in [0.3, 0.4) is 0 Å². The van der Waals surface area contributed by atoms with E-state index in [0.29, 0.717) is 16.7 Å². The molecule has 1 aromatic heterocycles. The van der Waals surface area contributed by atoms with E-state index in [4.69, 9.17) is 4.74 Å². The van der Waals surface area contributed by atoms with Crippen LogP contribution in [-0.4, -0.2) is 36.5 Å². The Morgan fingerprint density at radius 2 is 1.90 bits per heavy atom. The van der Waals surface area contributed by atoms with Gasteiger partial charge in [-0.25, -0.2) is 4.79 Å². The van der Waals surface area contributed by atoms with Crippen LogP contribution in [0.2, 0.25) is 0 Å². The molecule has 4 rings (SSSR count). The number of hydrogen-bond donors (Lipinski definition) is 0. The molecule has 1 aromatic carbocycles. The number of likely N-dealkylation sites (tertiary alicyclic amines) is 1. The topological polar surface area (TPSA) is 46.6 Å². The minimum Gasteiger partial charge on any atom is -0.451 e. The first-order valence-electron chi connectivity index (χ1n) is 10.7. The summed E-state index contributed by atoms with van der Waals surface area (Å²) in [6.07, 6.45) is 6.34. The molecular formula is C24H29NO3S. The molecule has 1 fully saturated rings. The maximum absolute atomic E-state index is 12.5. The summed E-state index contributed by atoms with van der Waals surface area (Å²) in [5.41, 5.74) is 2.65. The highest BCUT2D eigenvalue weighted by molar-refractivity contribution is 7.14. The van der Waals surface area contributed by atoms with Crippen molar-refractivity contribution in [2.24, 2.45) is 11.8 Å². The molecule has 4 nitrogen and oxygen atoms in total. The lowest BCUT2D eigenvalue weighted by Gasteiger charge is -2.32. The van der Waals surface area contributed by atoms with Gasteiger partial charge in [-0.3, -0.25) is 4.79 Å². The summed E-state index contributed by atoms with van der Waals surface area (Å²) in [5.74, 6) is 0.854. The highest BCUT2D eigenvalue weighted by atomic mass is 32.1. The predicted molar refractivity (Wildman–Crippen MR) is 115 cm³/mol. The Hall–Kier alpha value is -2.14. The number of ether oxygens (including phenoxy) is 1. The molecule has 1 aliphatic carbocycles. The van der Waals surface area contributed by atoms with Crippen LogP contribution < -0.4 is 0 Å². The molecule has 2 heterocycles. The van der Waals surface area contributed by atoms with Crippen molar-refractivity contribution in [1.82, 2.24) is 4.90 Å². The van der Waals surface area contributed by atoms with E-state index in [0.717, 1.165) is 45.2 Å². The van der Waals surface area contributed by atoms with E-state index in [1.807, 2.05) is 17.0 Å². The molecule has 0 unspecified atom stereocenters. The smallest absolute Gasteiger partial charge is 0.348 e. The molecule has 0 N–H and O–H groups in total. The van der Waals surface area contributed by atoms with Gasteiger partial charge in [-0.05, 0) is 67.6 Å². The number of thiophene rings is 1. The quantitative estimate of drug-likeness (QED) is 0.680. The molecular weight excluding hydrogens is 382 g/mol. The first-order valence-corrected chi connectivity index (χ1v) is 11.5. The van der Waals surface area contributed by atoms with Gasteiger partial charge in [0.1, 0.15) is 4.88 Å². The average molecular weight is 412 g/mol. The van der Waals surface area contributed by atoms with E-state index in [9.17, 15) is 9.59 Å². The van der Waals surface area contributed by atoms with Gasteiger partial charge in [0.2, 0.25) is 0 Å². The zero-order valence-electron chi connectivity index (χ0n) is 17.1. The van der Waals surface area contributed by atoms with Crippen LogP contribution in [0.4, 0.5) is 0 Å². The summed E-state index contributed by atoms with van der Waals surface area (Å²) >= 11 is 1.53. The number of benzene rings is 1. The number of aryl methyl sites for hydroxylation is 1. The van der Waals surface area contributed by atoms with Crippen molar-refractivity contribution >= 4 is 23.2 Å². The Kier molecular flexibility index (Phi) is 6.34. The highest BCUT2D eigenvalue weighted by Crippen LogP contribution is 2.32. The second-order valence-corrected chi connectivity index (χ2v) is 9.63. The monoisotopic (exact) mass is 411 g/mol. The fourth-order valence-electron chi connectivity index (χ4n) is 4.43. The van der Waals surface area contributed by atoms with Gasteiger partial charge in [-0.1, -0.05) is 37.3 Å².